The first-order valence-corrected chi connectivity index (χ1v) is 11.4. The van der Waals surface area contributed by atoms with E-state index in [1.165, 1.54) is 17.7 Å². The van der Waals surface area contributed by atoms with Crippen LogP contribution in [0.3, 0.4) is 0 Å². The summed E-state index contributed by atoms with van der Waals surface area (Å²) in [7, 11) is 0. The van der Waals surface area contributed by atoms with Gasteiger partial charge in [-0.15, -0.1) is 0 Å². The van der Waals surface area contributed by atoms with Crippen LogP contribution in [0.2, 0.25) is 0 Å². The van der Waals surface area contributed by atoms with E-state index in [1.807, 2.05) is 18.2 Å². The van der Waals surface area contributed by atoms with Gasteiger partial charge in [0.05, 0.1) is 17.5 Å². The third-order valence-electron chi connectivity index (χ3n) is 7.45. The van der Waals surface area contributed by atoms with Crippen LogP contribution in [0.5, 0.6) is 0 Å². The molecule has 3 fully saturated rings. The molecule has 1 saturated heterocycles. The number of fused-ring (bicyclic) bond motifs is 1. The van der Waals surface area contributed by atoms with Crippen molar-refractivity contribution in [2.75, 3.05) is 18.9 Å². The summed E-state index contributed by atoms with van der Waals surface area (Å²) >= 11 is 0. The third-order valence-corrected chi connectivity index (χ3v) is 7.45. The molecular formula is C26H25FN4O2. The second-order valence-corrected chi connectivity index (χ2v) is 9.28. The van der Waals surface area contributed by atoms with Crippen LogP contribution in [0.1, 0.15) is 46.8 Å². The normalized spacial score (nSPS) is 25.8. The fourth-order valence-electron chi connectivity index (χ4n) is 5.28. The average Bonchev–Trinajstić information content (AvgIpc) is 3.74. The van der Waals surface area contributed by atoms with Crippen LogP contribution in [0.15, 0.2) is 54.7 Å². The monoisotopic (exact) mass is 444 g/mol. The van der Waals surface area contributed by atoms with Gasteiger partial charge in [-0.25, -0.2) is 14.4 Å². The molecule has 3 atom stereocenters. The Morgan fingerprint density at radius 3 is 2.67 bits per heavy atom. The fraction of sp³-hybridized carbons (Fsp3) is 0.346. The number of amides is 1. The maximum Gasteiger partial charge on any atom is 0.254 e. The standard InChI is InChI=1S/C26H25FN4O2/c27-20-12-16(22-24(28)29-14-21(30-22)15-8-10-33-11-9-15)6-7-18(20)25(32)31-23-19-13-26(19,23)17-4-2-1-3-5-17/h1-7,12,14-15,19,23H,8-11,13H2,(H2,28,29)(H,31,32)/t19?,23-,26-/m1/s1. The van der Waals surface area contributed by atoms with Crippen molar-refractivity contribution < 1.29 is 13.9 Å². The smallest absolute Gasteiger partial charge is 0.254 e. The number of aromatic nitrogens is 2. The second kappa shape index (κ2) is 7.63. The number of hydrogen-bond donors (Lipinski definition) is 2. The number of carbonyl (C=O) groups excluding carboxylic acids is 1. The summed E-state index contributed by atoms with van der Waals surface area (Å²) in [6, 6.07) is 14.8. The largest absolute Gasteiger partial charge is 0.382 e. The topological polar surface area (TPSA) is 90.1 Å². The summed E-state index contributed by atoms with van der Waals surface area (Å²) in [5.41, 5.74) is 9.17. The second-order valence-electron chi connectivity index (χ2n) is 9.28. The van der Waals surface area contributed by atoms with E-state index in [1.54, 1.807) is 12.3 Å². The highest BCUT2D eigenvalue weighted by atomic mass is 19.1. The zero-order chi connectivity index (χ0) is 22.6. The molecule has 7 heteroatoms. The minimum atomic E-state index is -0.592. The number of ether oxygens (including phenoxy) is 1. The van der Waals surface area contributed by atoms with E-state index in [9.17, 15) is 4.79 Å². The van der Waals surface area contributed by atoms with Gasteiger partial charge in [-0.05, 0) is 42.9 Å². The maximum absolute atomic E-state index is 15.0. The predicted molar refractivity (Wildman–Crippen MR) is 122 cm³/mol. The number of hydrogen-bond acceptors (Lipinski definition) is 5. The first kappa shape index (κ1) is 20.3. The molecule has 6 rings (SSSR count). The molecule has 3 aliphatic rings. The summed E-state index contributed by atoms with van der Waals surface area (Å²) in [6.07, 6.45) is 4.51. The highest BCUT2D eigenvalue weighted by molar-refractivity contribution is 5.96. The molecule has 0 spiro atoms. The van der Waals surface area contributed by atoms with Crippen LogP contribution in [0, 0.1) is 11.7 Å². The van der Waals surface area contributed by atoms with Gasteiger partial charge < -0.3 is 15.8 Å². The van der Waals surface area contributed by atoms with Crippen LogP contribution >= 0.6 is 0 Å². The van der Waals surface area contributed by atoms with Gasteiger partial charge >= 0.3 is 0 Å². The molecule has 2 aliphatic carbocycles. The summed E-state index contributed by atoms with van der Waals surface area (Å²) in [6.45, 7) is 1.38. The molecule has 33 heavy (non-hydrogen) atoms. The van der Waals surface area contributed by atoms with Crippen molar-refractivity contribution in [2.24, 2.45) is 5.92 Å². The summed E-state index contributed by atoms with van der Waals surface area (Å²) in [5.74, 6) is -0.0331. The number of anilines is 1. The number of nitrogen functional groups attached to an aromatic ring is 1. The van der Waals surface area contributed by atoms with Gasteiger partial charge in [0.1, 0.15) is 17.3 Å². The van der Waals surface area contributed by atoms with E-state index in [-0.39, 0.29) is 34.7 Å². The fourth-order valence-corrected chi connectivity index (χ4v) is 5.28. The number of nitrogens with zero attached hydrogens (tertiary/aromatic N) is 2. The lowest BCUT2D eigenvalue weighted by Crippen LogP contribution is -2.33. The number of nitrogens with one attached hydrogen (secondary N) is 1. The lowest BCUT2D eigenvalue weighted by Gasteiger charge is -2.22. The van der Waals surface area contributed by atoms with E-state index in [0.29, 0.717) is 30.4 Å². The average molecular weight is 445 g/mol. The molecule has 3 aromatic rings. The zero-order valence-electron chi connectivity index (χ0n) is 18.1. The Hall–Kier alpha value is -3.32. The Kier molecular flexibility index (Phi) is 4.69. The Bertz CT molecular complexity index is 1230. The molecule has 1 aromatic heterocycles. The van der Waals surface area contributed by atoms with E-state index in [0.717, 1.165) is 25.0 Å². The summed E-state index contributed by atoms with van der Waals surface area (Å²) < 4.78 is 20.4. The van der Waals surface area contributed by atoms with Gasteiger partial charge in [-0.3, -0.25) is 4.79 Å². The minimum Gasteiger partial charge on any atom is -0.382 e. The van der Waals surface area contributed by atoms with Crippen molar-refractivity contribution >= 4 is 11.7 Å². The van der Waals surface area contributed by atoms with Gasteiger partial charge in [-0.2, -0.15) is 0 Å². The predicted octanol–water partition coefficient (Wildman–Crippen LogP) is 3.83. The van der Waals surface area contributed by atoms with Crippen LogP contribution in [-0.2, 0) is 10.2 Å². The van der Waals surface area contributed by atoms with Crippen molar-refractivity contribution in [3.8, 4) is 11.3 Å². The van der Waals surface area contributed by atoms with Gasteiger partial charge in [-0.1, -0.05) is 36.4 Å². The van der Waals surface area contributed by atoms with Crippen LogP contribution in [-0.4, -0.2) is 35.1 Å². The molecular weight excluding hydrogens is 419 g/mol. The number of carbonyl (C=O) groups is 1. The molecule has 1 aliphatic heterocycles. The van der Waals surface area contributed by atoms with Gasteiger partial charge in [0.25, 0.3) is 5.91 Å². The van der Waals surface area contributed by atoms with E-state index in [4.69, 9.17) is 10.5 Å². The molecule has 6 nitrogen and oxygen atoms in total. The van der Waals surface area contributed by atoms with Crippen molar-refractivity contribution in [1.29, 1.82) is 0 Å². The highest BCUT2D eigenvalue weighted by Gasteiger charge is 2.79. The van der Waals surface area contributed by atoms with Crippen molar-refractivity contribution in [1.82, 2.24) is 15.3 Å². The minimum absolute atomic E-state index is 0.0281. The van der Waals surface area contributed by atoms with Crippen molar-refractivity contribution in [3.05, 3.63) is 77.4 Å². The number of nitrogens with two attached hydrogens (primary N) is 1. The molecule has 0 radical (unpaired) electrons. The molecule has 1 unspecified atom stereocenters. The van der Waals surface area contributed by atoms with E-state index >= 15 is 4.39 Å². The van der Waals surface area contributed by atoms with Crippen molar-refractivity contribution in [2.45, 2.75) is 36.6 Å². The third kappa shape index (κ3) is 3.38. The Balaban J connectivity index is 1.20. The van der Waals surface area contributed by atoms with Crippen LogP contribution < -0.4 is 11.1 Å². The lowest BCUT2D eigenvalue weighted by atomic mass is 9.96. The highest BCUT2D eigenvalue weighted by Crippen LogP contribution is 2.75. The van der Waals surface area contributed by atoms with Crippen LogP contribution in [0.4, 0.5) is 10.2 Å². The number of benzene rings is 2. The molecule has 168 valence electrons. The first-order chi connectivity index (χ1) is 16.1. The lowest BCUT2D eigenvalue weighted by molar-refractivity contribution is 0.0844. The summed E-state index contributed by atoms with van der Waals surface area (Å²) in [5, 5.41) is 3.03. The van der Waals surface area contributed by atoms with E-state index in [2.05, 4.69) is 27.4 Å². The van der Waals surface area contributed by atoms with Crippen LogP contribution in [0.25, 0.3) is 11.3 Å². The van der Waals surface area contributed by atoms with Gasteiger partial charge in [0.2, 0.25) is 0 Å². The quantitative estimate of drug-likeness (QED) is 0.624. The Morgan fingerprint density at radius 1 is 1.15 bits per heavy atom. The Morgan fingerprint density at radius 2 is 1.94 bits per heavy atom. The number of rotatable bonds is 5. The zero-order valence-corrected chi connectivity index (χ0v) is 18.1. The molecule has 0 bridgehead atoms. The maximum atomic E-state index is 15.0. The SMILES string of the molecule is Nc1ncc(C2CCOCC2)nc1-c1ccc(C(=O)N[C@@H]2C3C[C@@]32c2ccccc2)c(F)c1. The Labute approximate surface area is 191 Å². The molecule has 2 saturated carbocycles. The van der Waals surface area contributed by atoms with Gasteiger partial charge in [0, 0.05) is 36.2 Å². The van der Waals surface area contributed by atoms with Crippen molar-refractivity contribution in [3.63, 3.8) is 0 Å². The molecule has 2 aromatic carbocycles. The first-order valence-electron chi connectivity index (χ1n) is 11.4. The summed E-state index contributed by atoms with van der Waals surface area (Å²) in [4.78, 5) is 21.8. The van der Waals surface area contributed by atoms with E-state index < -0.39 is 5.82 Å². The number of halogens is 1. The molecule has 2 heterocycles. The molecule has 1 amide bonds. The van der Waals surface area contributed by atoms with Gasteiger partial charge in [0.15, 0.2) is 0 Å². The molecule has 3 N–H and O–H groups in total.